The van der Waals surface area contributed by atoms with Gasteiger partial charge in [-0.25, -0.2) is 0 Å². The third kappa shape index (κ3) is 2.68. The minimum Gasteiger partial charge on any atom is -0.135 e. The summed E-state index contributed by atoms with van der Waals surface area (Å²) < 4.78 is 2.59. The van der Waals surface area contributed by atoms with Gasteiger partial charge in [0.2, 0.25) is 0 Å². The van der Waals surface area contributed by atoms with Gasteiger partial charge in [-0.2, -0.15) is 0 Å². The fourth-order valence-electron chi connectivity index (χ4n) is 3.78. The van der Waals surface area contributed by atoms with Crippen molar-refractivity contribution < 1.29 is 0 Å². The van der Waals surface area contributed by atoms with Crippen molar-refractivity contribution in [2.45, 2.75) is 12.3 Å². The molecule has 1 aromatic heterocycles. The van der Waals surface area contributed by atoms with Crippen molar-refractivity contribution in [1.82, 2.24) is 0 Å². The second-order valence-electron chi connectivity index (χ2n) is 6.70. The molecule has 1 atom stereocenters. The first-order valence-corrected chi connectivity index (χ1v) is 10.0. The van der Waals surface area contributed by atoms with Gasteiger partial charge in [-0.15, -0.1) is 11.3 Å². The lowest BCUT2D eigenvalue weighted by Crippen LogP contribution is -1.95. The Labute approximate surface area is 162 Å². The predicted octanol–water partition coefficient (Wildman–Crippen LogP) is 7.97. The van der Waals surface area contributed by atoms with Gasteiger partial charge in [-0.3, -0.25) is 0 Å². The van der Waals surface area contributed by atoms with Crippen LogP contribution in [-0.4, -0.2) is 0 Å². The van der Waals surface area contributed by atoms with E-state index in [1.54, 1.807) is 0 Å². The molecule has 0 saturated heterocycles. The highest BCUT2D eigenvalue weighted by molar-refractivity contribution is 7.25. The lowest BCUT2D eigenvalue weighted by molar-refractivity contribution is 0.854. The molecule has 1 unspecified atom stereocenters. The summed E-state index contributed by atoms with van der Waals surface area (Å²) >= 11 is 8.10. The molecule has 0 fully saturated rings. The molecule has 5 rings (SSSR count). The lowest BCUT2D eigenvalue weighted by atomic mass is 9.91. The summed E-state index contributed by atoms with van der Waals surface area (Å²) in [4.78, 5) is 0. The summed E-state index contributed by atoms with van der Waals surface area (Å²) in [7, 11) is 0. The van der Waals surface area contributed by atoms with Crippen LogP contribution in [0.15, 0.2) is 85.0 Å². The summed E-state index contributed by atoms with van der Waals surface area (Å²) in [6.07, 6.45) is 9.87. The maximum Gasteiger partial charge on any atom is 0.0413 e. The molecule has 126 valence electrons. The number of benzene rings is 3. The molecule has 3 aromatic carbocycles. The van der Waals surface area contributed by atoms with Gasteiger partial charge in [0.05, 0.1) is 0 Å². The molecular formula is C24H17ClS. The van der Waals surface area contributed by atoms with Gasteiger partial charge in [0.1, 0.15) is 0 Å². The zero-order chi connectivity index (χ0) is 17.5. The van der Waals surface area contributed by atoms with Crippen molar-refractivity contribution in [3.05, 3.63) is 95.6 Å². The van der Waals surface area contributed by atoms with Crippen LogP contribution in [0.3, 0.4) is 0 Å². The Kier molecular flexibility index (Phi) is 3.92. The first-order chi connectivity index (χ1) is 12.8. The molecule has 0 spiro atoms. The Morgan fingerprint density at radius 3 is 2.58 bits per heavy atom. The highest BCUT2D eigenvalue weighted by Gasteiger charge is 2.13. The Balaban J connectivity index is 1.64. The van der Waals surface area contributed by atoms with Gasteiger partial charge in [0.25, 0.3) is 0 Å². The van der Waals surface area contributed by atoms with Gasteiger partial charge in [0.15, 0.2) is 0 Å². The summed E-state index contributed by atoms with van der Waals surface area (Å²) in [6.45, 7) is 0. The molecule has 0 nitrogen and oxygen atoms in total. The molecule has 4 aromatic rings. The van der Waals surface area contributed by atoms with Crippen molar-refractivity contribution in [2.24, 2.45) is 0 Å². The second-order valence-corrected chi connectivity index (χ2v) is 8.22. The van der Waals surface area contributed by atoms with Crippen molar-refractivity contribution in [2.75, 3.05) is 0 Å². The number of halogens is 1. The summed E-state index contributed by atoms with van der Waals surface area (Å²) in [5, 5.41) is 3.35. The van der Waals surface area contributed by atoms with E-state index in [-0.39, 0.29) is 0 Å². The fraction of sp³-hybridized carbons (Fsp3) is 0.0833. The smallest absolute Gasteiger partial charge is 0.0413 e. The van der Waals surface area contributed by atoms with E-state index in [1.165, 1.54) is 36.9 Å². The SMILES string of the molecule is Clc1ccc2sc3cccc(-c4ccc(C5C=CC=CC5)cc4)c3c2c1. The largest absolute Gasteiger partial charge is 0.135 e. The van der Waals surface area contributed by atoms with Crippen LogP contribution in [0, 0.1) is 0 Å². The van der Waals surface area contributed by atoms with Gasteiger partial charge in [-0.05, 0) is 47.4 Å². The molecule has 26 heavy (non-hydrogen) atoms. The lowest BCUT2D eigenvalue weighted by Gasteiger charge is -2.14. The fourth-order valence-corrected chi connectivity index (χ4v) is 5.06. The Morgan fingerprint density at radius 1 is 0.885 bits per heavy atom. The van der Waals surface area contributed by atoms with Crippen LogP contribution in [0.1, 0.15) is 17.9 Å². The van der Waals surface area contributed by atoms with Crippen molar-refractivity contribution in [3.63, 3.8) is 0 Å². The number of thiophene rings is 1. The third-order valence-corrected chi connectivity index (χ3v) is 6.46. The maximum atomic E-state index is 6.27. The number of hydrogen-bond acceptors (Lipinski definition) is 1. The molecule has 0 radical (unpaired) electrons. The Bertz CT molecular complexity index is 1160. The molecule has 0 saturated carbocycles. The molecule has 0 amide bonds. The zero-order valence-corrected chi connectivity index (χ0v) is 15.7. The van der Waals surface area contributed by atoms with E-state index in [0.29, 0.717) is 5.92 Å². The van der Waals surface area contributed by atoms with Crippen LogP contribution in [0.4, 0.5) is 0 Å². The molecule has 2 heteroatoms. The number of rotatable bonds is 2. The zero-order valence-electron chi connectivity index (χ0n) is 14.2. The van der Waals surface area contributed by atoms with Crippen molar-refractivity contribution in [3.8, 4) is 11.1 Å². The summed E-state index contributed by atoms with van der Waals surface area (Å²) in [5.74, 6) is 0.491. The molecular weight excluding hydrogens is 356 g/mol. The van der Waals surface area contributed by atoms with E-state index >= 15 is 0 Å². The van der Waals surface area contributed by atoms with E-state index in [2.05, 4.69) is 78.9 Å². The van der Waals surface area contributed by atoms with Gasteiger partial charge in [0, 0.05) is 31.1 Å². The molecule has 1 aliphatic carbocycles. The maximum absolute atomic E-state index is 6.27. The van der Waals surface area contributed by atoms with Crippen LogP contribution in [-0.2, 0) is 0 Å². The number of allylic oxidation sites excluding steroid dienone is 4. The van der Waals surface area contributed by atoms with Gasteiger partial charge >= 0.3 is 0 Å². The molecule has 0 aliphatic heterocycles. The number of hydrogen-bond donors (Lipinski definition) is 0. The van der Waals surface area contributed by atoms with Crippen LogP contribution in [0.5, 0.6) is 0 Å². The van der Waals surface area contributed by atoms with Crippen LogP contribution in [0.25, 0.3) is 31.3 Å². The third-order valence-electron chi connectivity index (χ3n) is 5.09. The molecule has 1 aliphatic rings. The standard InChI is InChI=1S/C24H17ClS/c25-19-13-14-22-21(15-19)24-20(7-4-8-23(24)26-22)18-11-9-17(10-12-18)16-5-2-1-3-6-16/h1-5,7-16H,6H2. The summed E-state index contributed by atoms with van der Waals surface area (Å²) in [6, 6.07) is 21.8. The van der Waals surface area contributed by atoms with Gasteiger partial charge in [-0.1, -0.05) is 72.3 Å². The first kappa shape index (κ1) is 15.9. The van der Waals surface area contributed by atoms with E-state index in [4.69, 9.17) is 11.6 Å². The van der Waals surface area contributed by atoms with Crippen molar-refractivity contribution in [1.29, 1.82) is 0 Å². The Morgan fingerprint density at radius 2 is 1.77 bits per heavy atom. The minimum absolute atomic E-state index is 0.491. The average Bonchev–Trinajstić information content (AvgIpc) is 3.07. The summed E-state index contributed by atoms with van der Waals surface area (Å²) in [5.41, 5.74) is 3.91. The first-order valence-electron chi connectivity index (χ1n) is 8.84. The predicted molar refractivity (Wildman–Crippen MR) is 115 cm³/mol. The van der Waals surface area contributed by atoms with Crippen LogP contribution in [0.2, 0.25) is 5.02 Å². The highest BCUT2D eigenvalue weighted by atomic mass is 35.5. The normalized spacial score (nSPS) is 16.6. The van der Waals surface area contributed by atoms with Crippen LogP contribution >= 0.6 is 22.9 Å². The molecule has 0 N–H and O–H groups in total. The van der Waals surface area contributed by atoms with E-state index in [9.17, 15) is 0 Å². The van der Waals surface area contributed by atoms with Crippen LogP contribution < -0.4 is 0 Å². The van der Waals surface area contributed by atoms with E-state index < -0.39 is 0 Å². The minimum atomic E-state index is 0.491. The Hall–Kier alpha value is -2.35. The van der Waals surface area contributed by atoms with Crippen molar-refractivity contribution >= 4 is 43.1 Å². The monoisotopic (exact) mass is 372 g/mol. The topological polar surface area (TPSA) is 0 Å². The molecule has 1 heterocycles. The van der Waals surface area contributed by atoms with Gasteiger partial charge < -0.3 is 0 Å². The number of fused-ring (bicyclic) bond motifs is 3. The molecule has 0 bridgehead atoms. The quantitative estimate of drug-likeness (QED) is 0.334. The highest BCUT2D eigenvalue weighted by Crippen LogP contribution is 2.41. The average molecular weight is 373 g/mol. The van der Waals surface area contributed by atoms with E-state index in [1.807, 2.05) is 17.4 Å². The van der Waals surface area contributed by atoms with E-state index in [0.717, 1.165) is 11.4 Å². The second kappa shape index (κ2) is 6.42.